The van der Waals surface area contributed by atoms with Crippen LogP contribution in [0, 0.1) is 26.2 Å². The molecule has 0 aromatic heterocycles. The molecule has 124 valence electrons. The van der Waals surface area contributed by atoms with Gasteiger partial charge in [0.15, 0.2) is 0 Å². The second-order valence-electron chi connectivity index (χ2n) is 5.59. The number of carbonyl (C=O) groups excluding carboxylic acids is 1. The zero-order chi connectivity index (χ0) is 17.4. The molecule has 0 atom stereocenters. The van der Waals surface area contributed by atoms with Crippen molar-refractivity contribution < 1.29 is 9.53 Å². The van der Waals surface area contributed by atoms with Crippen molar-refractivity contribution in [1.82, 2.24) is 5.32 Å². The summed E-state index contributed by atoms with van der Waals surface area (Å²) in [6.07, 6.45) is 5.18. The molecule has 4 heteroatoms. The molecule has 2 N–H and O–H groups in total. The SMILES string of the molecule is C#CCOc1ccc(NCC(=O)NCc2ccc(C)cc2)cc1C. The predicted molar refractivity (Wildman–Crippen MR) is 97.0 cm³/mol. The lowest BCUT2D eigenvalue weighted by Gasteiger charge is -2.11. The Morgan fingerprint density at radius 3 is 2.58 bits per heavy atom. The Hall–Kier alpha value is -2.93. The van der Waals surface area contributed by atoms with E-state index in [0.717, 1.165) is 22.6 Å². The Morgan fingerprint density at radius 2 is 1.92 bits per heavy atom. The van der Waals surface area contributed by atoms with Crippen molar-refractivity contribution >= 4 is 11.6 Å². The molecule has 0 bridgehead atoms. The Morgan fingerprint density at radius 1 is 1.17 bits per heavy atom. The Bertz CT molecular complexity index is 730. The smallest absolute Gasteiger partial charge is 0.239 e. The van der Waals surface area contributed by atoms with Gasteiger partial charge in [-0.15, -0.1) is 6.42 Å². The first-order valence-corrected chi connectivity index (χ1v) is 7.81. The highest BCUT2D eigenvalue weighted by molar-refractivity contribution is 5.80. The minimum absolute atomic E-state index is 0.0547. The van der Waals surface area contributed by atoms with E-state index >= 15 is 0 Å². The van der Waals surface area contributed by atoms with E-state index in [1.807, 2.05) is 56.3 Å². The number of amides is 1. The van der Waals surface area contributed by atoms with Crippen molar-refractivity contribution in [3.8, 4) is 18.1 Å². The van der Waals surface area contributed by atoms with Crippen molar-refractivity contribution in [1.29, 1.82) is 0 Å². The number of carbonyl (C=O) groups is 1. The molecule has 0 spiro atoms. The maximum atomic E-state index is 11.9. The quantitative estimate of drug-likeness (QED) is 0.770. The van der Waals surface area contributed by atoms with Crippen molar-refractivity contribution in [2.45, 2.75) is 20.4 Å². The molecule has 0 unspecified atom stereocenters. The first-order valence-electron chi connectivity index (χ1n) is 7.81. The zero-order valence-electron chi connectivity index (χ0n) is 14.1. The van der Waals surface area contributed by atoms with Crippen LogP contribution in [0.25, 0.3) is 0 Å². The normalized spacial score (nSPS) is 9.88. The van der Waals surface area contributed by atoms with Crippen LogP contribution in [0.15, 0.2) is 42.5 Å². The zero-order valence-corrected chi connectivity index (χ0v) is 14.1. The summed E-state index contributed by atoms with van der Waals surface area (Å²) in [6, 6.07) is 13.7. The molecule has 0 saturated heterocycles. The molecule has 2 aromatic rings. The van der Waals surface area contributed by atoms with Gasteiger partial charge in [0, 0.05) is 12.2 Å². The number of ether oxygens (including phenoxy) is 1. The van der Waals surface area contributed by atoms with E-state index < -0.39 is 0 Å². The highest BCUT2D eigenvalue weighted by atomic mass is 16.5. The summed E-state index contributed by atoms with van der Waals surface area (Å²) >= 11 is 0. The molecular weight excluding hydrogens is 300 g/mol. The number of terminal acetylenes is 1. The summed E-state index contributed by atoms with van der Waals surface area (Å²) in [4.78, 5) is 11.9. The van der Waals surface area contributed by atoms with E-state index in [1.54, 1.807) is 0 Å². The number of benzene rings is 2. The first kappa shape index (κ1) is 17.4. The van der Waals surface area contributed by atoms with Gasteiger partial charge in [-0.05, 0) is 43.2 Å². The molecule has 0 radical (unpaired) electrons. The standard InChI is InChI=1S/C20H22N2O2/c1-4-11-24-19-10-9-18(12-16(19)3)21-14-20(23)22-13-17-7-5-15(2)6-8-17/h1,5-10,12,21H,11,13-14H2,2-3H3,(H,22,23). The predicted octanol–water partition coefficient (Wildman–Crippen LogP) is 3.04. The van der Waals surface area contributed by atoms with E-state index in [9.17, 15) is 4.79 Å². The molecule has 2 aromatic carbocycles. The van der Waals surface area contributed by atoms with Gasteiger partial charge in [-0.25, -0.2) is 0 Å². The summed E-state index contributed by atoms with van der Waals surface area (Å²) in [7, 11) is 0. The van der Waals surface area contributed by atoms with Crippen molar-refractivity contribution in [2.75, 3.05) is 18.5 Å². The molecular formula is C20H22N2O2. The largest absolute Gasteiger partial charge is 0.481 e. The lowest BCUT2D eigenvalue weighted by molar-refractivity contribution is -0.119. The molecule has 0 fully saturated rings. The maximum Gasteiger partial charge on any atom is 0.239 e. The number of anilines is 1. The van der Waals surface area contributed by atoms with Gasteiger partial charge in [0.2, 0.25) is 5.91 Å². The number of aryl methyl sites for hydroxylation is 2. The molecule has 2 rings (SSSR count). The van der Waals surface area contributed by atoms with Gasteiger partial charge >= 0.3 is 0 Å². The van der Waals surface area contributed by atoms with Crippen LogP contribution in [0.1, 0.15) is 16.7 Å². The van der Waals surface area contributed by atoms with Crippen LogP contribution in [0.4, 0.5) is 5.69 Å². The monoisotopic (exact) mass is 322 g/mol. The number of hydrogen-bond acceptors (Lipinski definition) is 3. The Labute approximate surface area is 143 Å². The lowest BCUT2D eigenvalue weighted by Crippen LogP contribution is -2.29. The lowest BCUT2D eigenvalue weighted by atomic mass is 10.1. The van der Waals surface area contributed by atoms with Crippen LogP contribution >= 0.6 is 0 Å². The third-order valence-electron chi connectivity index (χ3n) is 3.55. The van der Waals surface area contributed by atoms with Crippen molar-refractivity contribution in [2.24, 2.45) is 0 Å². The molecule has 0 heterocycles. The molecule has 0 aliphatic heterocycles. The molecule has 0 aliphatic rings. The molecule has 24 heavy (non-hydrogen) atoms. The van der Waals surface area contributed by atoms with E-state index in [0.29, 0.717) is 6.54 Å². The van der Waals surface area contributed by atoms with Gasteiger partial charge in [0.25, 0.3) is 0 Å². The molecule has 1 amide bonds. The van der Waals surface area contributed by atoms with Gasteiger partial charge in [-0.3, -0.25) is 4.79 Å². The van der Waals surface area contributed by atoms with Crippen LogP contribution < -0.4 is 15.4 Å². The molecule has 0 saturated carbocycles. The Kier molecular flexibility index (Phi) is 6.27. The van der Waals surface area contributed by atoms with Gasteiger partial charge in [0.1, 0.15) is 12.4 Å². The van der Waals surface area contributed by atoms with Gasteiger partial charge in [-0.2, -0.15) is 0 Å². The van der Waals surface area contributed by atoms with E-state index in [-0.39, 0.29) is 19.1 Å². The molecule has 4 nitrogen and oxygen atoms in total. The summed E-state index contributed by atoms with van der Waals surface area (Å²) in [5.41, 5.74) is 4.12. The van der Waals surface area contributed by atoms with Crippen molar-refractivity contribution in [3.05, 3.63) is 59.2 Å². The minimum atomic E-state index is -0.0547. The fourth-order valence-electron chi connectivity index (χ4n) is 2.19. The van der Waals surface area contributed by atoms with E-state index in [2.05, 4.69) is 16.6 Å². The van der Waals surface area contributed by atoms with Crippen LogP contribution in [0.3, 0.4) is 0 Å². The Balaban J connectivity index is 1.80. The van der Waals surface area contributed by atoms with Crippen LogP contribution in [0.5, 0.6) is 5.75 Å². The topological polar surface area (TPSA) is 50.4 Å². The highest BCUT2D eigenvalue weighted by Crippen LogP contribution is 2.21. The fraction of sp³-hybridized carbons (Fsp3) is 0.250. The number of nitrogens with one attached hydrogen (secondary N) is 2. The summed E-state index contributed by atoms with van der Waals surface area (Å²) < 4.78 is 5.42. The summed E-state index contributed by atoms with van der Waals surface area (Å²) in [5.74, 6) is 3.14. The van der Waals surface area contributed by atoms with E-state index in [4.69, 9.17) is 11.2 Å². The van der Waals surface area contributed by atoms with Crippen LogP contribution in [-0.4, -0.2) is 19.1 Å². The summed E-state index contributed by atoms with van der Waals surface area (Å²) in [6.45, 7) is 4.97. The van der Waals surface area contributed by atoms with Gasteiger partial charge < -0.3 is 15.4 Å². The average Bonchev–Trinajstić information content (AvgIpc) is 2.58. The highest BCUT2D eigenvalue weighted by Gasteiger charge is 2.04. The molecule has 0 aliphatic carbocycles. The summed E-state index contributed by atoms with van der Waals surface area (Å²) in [5, 5.41) is 6.00. The average molecular weight is 322 g/mol. The van der Waals surface area contributed by atoms with Gasteiger partial charge in [-0.1, -0.05) is 35.7 Å². The number of hydrogen-bond donors (Lipinski definition) is 2. The third-order valence-corrected chi connectivity index (χ3v) is 3.55. The second-order valence-corrected chi connectivity index (χ2v) is 5.59. The fourth-order valence-corrected chi connectivity index (χ4v) is 2.19. The number of rotatable bonds is 7. The van der Waals surface area contributed by atoms with Gasteiger partial charge in [0.05, 0.1) is 6.54 Å². The van der Waals surface area contributed by atoms with Crippen molar-refractivity contribution in [3.63, 3.8) is 0 Å². The second kappa shape index (κ2) is 8.64. The maximum absolute atomic E-state index is 11.9. The third kappa shape index (κ3) is 5.36. The minimum Gasteiger partial charge on any atom is -0.481 e. The van der Waals surface area contributed by atoms with E-state index in [1.165, 1.54) is 5.56 Å². The van der Waals surface area contributed by atoms with Crippen LogP contribution in [-0.2, 0) is 11.3 Å². The van der Waals surface area contributed by atoms with Crippen LogP contribution in [0.2, 0.25) is 0 Å². The first-order chi connectivity index (χ1) is 11.6.